The summed E-state index contributed by atoms with van der Waals surface area (Å²) < 4.78 is 6.04. The largest absolute Gasteiger partial charge is 0.488 e. The van der Waals surface area contributed by atoms with Gasteiger partial charge in [0.15, 0.2) is 0 Å². The normalized spacial score (nSPS) is 11.3. The van der Waals surface area contributed by atoms with Crippen molar-refractivity contribution in [3.05, 3.63) is 83.9 Å². The van der Waals surface area contributed by atoms with Gasteiger partial charge in [0.2, 0.25) is 0 Å². The van der Waals surface area contributed by atoms with Gasteiger partial charge in [-0.15, -0.1) is 0 Å². The van der Waals surface area contributed by atoms with Crippen molar-refractivity contribution in [2.24, 2.45) is 0 Å². The highest BCUT2D eigenvalue weighted by atomic mass is 16.5. The van der Waals surface area contributed by atoms with Crippen LogP contribution in [0.3, 0.4) is 0 Å². The zero-order valence-corrected chi connectivity index (χ0v) is 17.1. The Bertz CT molecular complexity index is 836. The van der Waals surface area contributed by atoms with Crippen molar-refractivity contribution in [2.45, 2.75) is 39.7 Å². The van der Waals surface area contributed by atoms with Crippen molar-refractivity contribution in [2.75, 3.05) is 11.5 Å². The number of rotatable bonds is 7. The molecule has 0 unspecified atom stereocenters. The molecule has 146 valence electrons. The van der Waals surface area contributed by atoms with E-state index >= 15 is 0 Å². The van der Waals surface area contributed by atoms with Gasteiger partial charge in [0.05, 0.1) is 0 Å². The highest BCUT2D eigenvalue weighted by molar-refractivity contribution is 5.76. The molecule has 0 bridgehead atoms. The van der Waals surface area contributed by atoms with Gasteiger partial charge in [0.1, 0.15) is 11.4 Å². The number of aliphatic hydroxyl groups is 1. The first-order chi connectivity index (χ1) is 13.4. The summed E-state index contributed by atoms with van der Waals surface area (Å²) in [5, 5.41) is 9.20. The molecule has 0 saturated carbocycles. The molecule has 0 spiro atoms. The van der Waals surface area contributed by atoms with Gasteiger partial charge < -0.3 is 14.7 Å². The summed E-state index contributed by atoms with van der Waals surface area (Å²) in [6, 6.07) is 25.2. The number of ether oxygens (including phenoxy) is 1. The lowest BCUT2D eigenvalue weighted by Gasteiger charge is -2.28. The van der Waals surface area contributed by atoms with Crippen LogP contribution in [0.15, 0.2) is 72.8 Å². The van der Waals surface area contributed by atoms with Crippen LogP contribution in [0.25, 0.3) is 0 Å². The Morgan fingerprint density at radius 3 is 1.50 bits per heavy atom. The van der Waals surface area contributed by atoms with Crippen LogP contribution in [0.4, 0.5) is 17.1 Å². The van der Waals surface area contributed by atoms with E-state index in [0.717, 1.165) is 22.8 Å². The molecule has 0 saturated heterocycles. The standard InChI is InChI=1S/C25H29NO2/c1-19-5-9-21(10-6-19)26(22-11-7-20(2)8-12-22)23-13-15-24(16-14-23)28-25(3,4)17-18-27/h5-16,27H,17-18H2,1-4H3. The monoisotopic (exact) mass is 375 g/mol. The van der Waals surface area contributed by atoms with Gasteiger partial charge in [0, 0.05) is 30.1 Å². The number of aryl methyl sites for hydroxylation is 2. The molecular weight excluding hydrogens is 346 g/mol. The molecule has 3 aromatic carbocycles. The summed E-state index contributed by atoms with van der Waals surface area (Å²) in [6.45, 7) is 8.28. The van der Waals surface area contributed by atoms with E-state index in [2.05, 4.69) is 79.4 Å². The lowest BCUT2D eigenvalue weighted by Crippen LogP contribution is -2.29. The van der Waals surface area contributed by atoms with E-state index in [4.69, 9.17) is 4.74 Å². The van der Waals surface area contributed by atoms with Gasteiger partial charge in [-0.2, -0.15) is 0 Å². The Kier molecular flexibility index (Phi) is 6.05. The molecule has 3 rings (SSSR count). The molecule has 0 radical (unpaired) electrons. The maximum Gasteiger partial charge on any atom is 0.120 e. The van der Waals surface area contributed by atoms with Crippen LogP contribution in [-0.2, 0) is 0 Å². The van der Waals surface area contributed by atoms with E-state index < -0.39 is 5.60 Å². The molecule has 0 aliphatic heterocycles. The Labute approximate surface area is 168 Å². The van der Waals surface area contributed by atoms with Gasteiger partial charge >= 0.3 is 0 Å². The van der Waals surface area contributed by atoms with Crippen molar-refractivity contribution in [3.8, 4) is 5.75 Å². The molecule has 3 aromatic rings. The van der Waals surface area contributed by atoms with E-state index in [1.165, 1.54) is 11.1 Å². The first kappa shape index (κ1) is 20.0. The molecule has 0 atom stereocenters. The highest BCUT2D eigenvalue weighted by Crippen LogP contribution is 2.35. The number of anilines is 3. The lowest BCUT2D eigenvalue weighted by molar-refractivity contribution is 0.0765. The molecule has 1 N–H and O–H groups in total. The third-order valence-corrected chi connectivity index (χ3v) is 4.79. The number of aliphatic hydroxyl groups excluding tert-OH is 1. The maximum atomic E-state index is 9.20. The molecule has 0 heterocycles. The van der Waals surface area contributed by atoms with Crippen molar-refractivity contribution < 1.29 is 9.84 Å². The average molecular weight is 376 g/mol. The van der Waals surface area contributed by atoms with Crippen LogP contribution in [0.5, 0.6) is 5.75 Å². The minimum Gasteiger partial charge on any atom is -0.488 e. The van der Waals surface area contributed by atoms with Gasteiger partial charge in [-0.1, -0.05) is 35.4 Å². The molecule has 28 heavy (non-hydrogen) atoms. The summed E-state index contributed by atoms with van der Waals surface area (Å²) in [6.07, 6.45) is 0.591. The Balaban J connectivity index is 1.94. The number of benzene rings is 3. The van der Waals surface area contributed by atoms with E-state index in [1.807, 2.05) is 26.0 Å². The van der Waals surface area contributed by atoms with Gasteiger partial charge in [-0.3, -0.25) is 0 Å². The van der Waals surface area contributed by atoms with Gasteiger partial charge in [-0.05, 0) is 76.2 Å². The average Bonchev–Trinajstić information content (AvgIpc) is 2.66. The van der Waals surface area contributed by atoms with Gasteiger partial charge in [-0.25, -0.2) is 0 Å². The highest BCUT2D eigenvalue weighted by Gasteiger charge is 2.19. The Hall–Kier alpha value is -2.78. The minimum absolute atomic E-state index is 0.111. The van der Waals surface area contributed by atoms with Crippen LogP contribution >= 0.6 is 0 Å². The predicted octanol–water partition coefficient (Wildman–Crippen LogP) is 6.31. The van der Waals surface area contributed by atoms with E-state index in [0.29, 0.717) is 6.42 Å². The zero-order valence-electron chi connectivity index (χ0n) is 17.1. The van der Waals surface area contributed by atoms with Crippen molar-refractivity contribution in [1.29, 1.82) is 0 Å². The second kappa shape index (κ2) is 8.49. The molecule has 0 aliphatic rings. The van der Waals surface area contributed by atoms with Crippen LogP contribution < -0.4 is 9.64 Å². The fraction of sp³-hybridized carbons (Fsp3) is 0.280. The Morgan fingerprint density at radius 1 is 0.714 bits per heavy atom. The summed E-state index contributed by atoms with van der Waals surface area (Å²) >= 11 is 0. The first-order valence-electron chi connectivity index (χ1n) is 9.71. The summed E-state index contributed by atoms with van der Waals surface area (Å²) in [4.78, 5) is 2.24. The quantitative estimate of drug-likeness (QED) is 0.525. The summed E-state index contributed by atoms with van der Waals surface area (Å²) in [5.74, 6) is 0.801. The topological polar surface area (TPSA) is 32.7 Å². The predicted molar refractivity (Wildman–Crippen MR) is 117 cm³/mol. The molecule has 0 aliphatic carbocycles. The molecule has 3 nitrogen and oxygen atoms in total. The second-order valence-electron chi connectivity index (χ2n) is 7.84. The minimum atomic E-state index is -0.399. The van der Waals surface area contributed by atoms with Crippen molar-refractivity contribution in [1.82, 2.24) is 0 Å². The molecule has 0 fully saturated rings. The number of hydrogen-bond donors (Lipinski definition) is 1. The first-order valence-corrected chi connectivity index (χ1v) is 9.71. The molecular formula is C25H29NO2. The fourth-order valence-electron chi connectivity index (χ4n) is 3.14. The lowest BCUT2D eigenvalue weighted by atomic mass is 10.1. The maximum absolute atomic E-state index is 9.20. The molecule has 0 aromatic heterocycles. The summed E-state index contributed by atoms with van der Waals surface area (Å²) in [5.41, 5.74) is 5.38. The van der Waals surface area contributed by atoms with Crippen molar-refractivity contribution >= 4 is 17.1 Å². The van der Waals surface area contributed by atoms with E-state index in [-0.39, 0.29) is 6.61 Å². The number of hydrogen-bond acceptors (Lipinski definition) is 3. The third-order valence-electron chi connectivity index (χ3n) is 4.79. The van der Waals surface area contributed by atoms with E-state index in [1.54, 1.807) is 0 Å². The fourth-order valence-corrected chi connectivity index (χ4v) is 3.14. The van der Waals surface area contributed by atoms with Crippen LogP contribution in [0.2, 0.25) is 0 Å². The third kappa shape index (κ3) is 4.93. The van der Waals surface area contributed by atoms with Crippen LogP contribution in [-0.4, -0.2) is 17.3 Å². The van der Waals surface area contributed by atoms with Crippen molar-refractivity contribution in [3.63, 3.8) is 0 Å². The van der Waals surface area contributed by atoms with Crippen LogP contribution in [0, 0.1) is 13.8 Å². The smallest absolute Gasteiger partial charge is 0.120 e. The molecule has 3 heteroatoms. The SMILES string of the molecule is Cc1ccc(N(c2ccc(C)cc2)c2ccc(OC(C)(C)CCO)cc2)cc1. The Morgan fingerprint density at radius 2 is 1.11 bits per heavy atom. The summed E-state index contributed by atoms with van der Waals surface area (Å²) in [7, 11) is 0. The van der Waals surface area contributed by atoms with Gasteiger partial charge in [0.25, 0.3) is 0 Å². The second-order valence-corrected chi connectivity index (χ2v) is 7.84. The van der Waals surface area contributed by atoms with Crippen LogP contribution in [0.1, 0.15) is 31.4 Å². The van der Waals surface area contributed by atoms with E-state index in [9.17, 15) is 5.11 Å². The molecule has 0 amide bonds. The zero-order chi connectivity index (χ0) is 20.1. The number of nitrogens with zero attached hydrogens (tertiary/aromatic N) is 1.